The number of phenolic OH excluding ortho intramolecular Hbond substituents is 1. The monoisotopic (exact) mass is 448 g/mol. The number of benzene rings is 2. The Labute approximate surface area is 166 Å². The molecule has 0 saturated carbocycles. The summed E-state index contributed by atoms with van der Waals surface area (Å²) in [7, 11) is 0. The van der Waals surface area contributed by atoms with Crippen molar-refractivity contribution < 1.29 is 14.8 Å². The second kappa shape index (κ2) is 7.89. The smallest absolute Gasteiger partial charge is 0.270 e. The van der Waals surface area contributed by atoms with Gasteiger partial charge in [-0.1, -0.05) is 15.9 Å². The van der Waals surface area contributed by atoms with E-state index in [0.717, 1.165) is 4.47 Å². The molecule has 0 aliphatic rings. The lowest BCUT2D eigenvalue weighted by Gasteiger charge is -2.09. The van der Waals surface area contributed by atoms with Crippen molar-refractivity contribution in [3.8, 4) is 17.1 Å². The summed E-state index contributed by atoms with van der Waals surface area (Å²) in [6, 6.07) is 9.09. The van der Waals surface area contributed by atoms with Crippen molar-refractivity contribution in [3.63, 3.8) is 0 Å². The van der Waals surface area contributed by atoms with Crippen LogP contribution in [-0.2, 0) is 6.54 Å². The molecule has 10 heteroatoms. The van der Waals surface area contributed by atoms with Crippen LogP contribution >= 0.6 is 27.7 Å². The molecule has 1 aromatic heterocycles. The van der Waals surface area contributed by atoms with Gasteiger partial charge < -0.3 is 9.67 Å². The van der Waals surface area contributed by atoms with Gasteiger partial charge in [-0.15, -0.1) is 10.2 Å². The number of phenols is 1. The lowest BCUT2D eigenvalue weighted by molar-refractivity contribution is -0.384. The van der Waals surface area contributed by atoms with E-state index in [1.54, 1.807) is 22.8 Å². The molecule has 8 nitrogen and oxygen atoms in total. The number of hydrogen-bond donors (Lipinski definition) is 1. The zero-order valence-corrected chi connectivity index (χ0v) is 16.4. The molecule has 0 aliphatic carbocycles. The first-order valence-corrected chi connectivity index (χ1v) is 9.39. The van der Waals surface area contributed by atoms with E-state index in [1.807, 2.05) is 6.92 Å². The fraction of sp³-hybridized carbons (Fsp3) is 0.118. The SMILES string of the molecule is CCn1c(Sc2ccc([N+](=O)[O-])cc2C=O)nnc1-c1cc(Br)ccc1O. The topological polar surface area (TPSA) is 111 Å². The predicted octanol–water partition coefficient (Wildman–Crippen LogP) is 4.31. The van der Waals surface area contributed by atoms with Crippen LogP contribution in [0.25, 0.3) is 11.4 Å². The van der Waals surface area contributed by atoms with Crippen LogP contribution in [0.3, 0.4) is 0 Å². The lowest BCUT2D eigenvalue weighted by atomic mass is 10.2. The van der Waals surface area contributed by atoms with E-state index < -0.39 is 4.92 Å². The molecule has 0 fully saturated rings. The van der Waals surface area contributed by atoms with Gasteiger partial charge in [-0.25, -0.2) is 0 Å². The number of carbonyl (C=O) groups is 1. The number of nitro benzene ring substituents is 1. The predicted molar refractivity (Wildman–Crippen MR) is 103 cm³/mol. The highest BCUT2D eigenvalue weighted by Crippen LogP contribution is 2.36. The minimum Gasteiger partial charge on any atom is -0.507 e. The Hall–Kier alpha value is -2.72. The highest BCUT2D eigenvalue weighted by Gasteiger charge is 2.19. The highest BCUT2D eigenvalue weighted by atomic mass is 79.9. The molecule has 138 valence electrons. The van der Waals surface area contributed by atoms with Crippen LogP contribution in [0.4, 0.5) is 5.69 Å². The number of non-ortho nitro benzene ring substituents is 1. The molecule has 0 amide bonds. The fourth-order valence-corrected chi connectivity index (χ4v) is 3.79. The van der Waals surface area contributed by atoms with Gasteiger partial charge in [0, 0.05) is 33.6 Å². The molecule has 27 heavy (non-hydrogen) atoms. The van der Waals surface area contributed by atoms with Gasteiger partial charge in [-0.05, 0) is 43.0 Å². The Bertz CT molecular complexity index is 1040. The molecule has 0 aliphatic heterocycles. The van der Waals surface area contributed by atoms with E-state index in [4.69, 9.17) is 0 Å². The van der Waals surface area contributed by atoms with Crippen molar-refractivity contribution in [1.82, 2.24) is 14.8 Å². The van der Waals surface area contributed by atoms with Gasteiger partial charge in [-0.2, -0.15) is 0 Å². The maximum Gasteiger partial charge on any atom is 0.270 e. The molecule has 1 heterocycles. The maximum absolute atomic E-state index is 11.3. The lowest BCUT2D eigenvalue weighted by Crippen LogP contribution is -2.00. The summed E-state index contributed by atoms with van der Waals surface area (Å²) in [5, 5.41) is 29.9. The van der Waals surface area contributed by atoms with E-state index in [-0.39, 0.29) is 17.0 Å². The number of aromatic hydroxyl groups is 1. The van der Waals surface area contributed by atoms with E-state index in [9.17, 15) is 20.0 Å². The number of rotatable bonds is 6. The standard InChI is InChI=1S/C17H13BrN4O4S/c1-2-21-16(13-8-11(18)3-5-14(13)24)19-20-17(21)27-15-6-4-12(22(25)26)7-10(15)9-23/h3-9,24H,2H2,1H3. The number of aldehydes is 1. The molecule has 0 unspecified atom stereocenters. The molecular formula is C17H13BrN4O4S. The number of nitro groups is 1. The van der Waals surface area contributed by atoms with Crippen molar-refractivity contribution in [2.75, 3.05) is 0 Å². The van der Waals surface area contributed by atoms with Gasteiger partial charge in [0.15, 0.2) is 17.3 Å². The third kappa shape index (κ3) is 3.86. The van der Waals surface area contributed by atoms with Crippen molar-refractivity contribution in [2.24, 2.45) is 0 Å². The van der Waals surface area contributed by atoms with Crippen LogP contribution in [0, 0.1) is 10.1 Å². The van der Waals surface area contributed by atoms with Gasteiger partial charge in [0.25, 0.3) is 5.69 Å². The first kappa shape index (κ1) is 19.1. The zero-order valence-electron chi connectivity index (χ0n) is 14.0. The molecule has 0 bridgehead atoms. The molecule has 3 aromatic rings. The largest absolute Gasteiger partial charge is 0.507 e. The summed E-state index contributed by atoms with van der Waals surface area (Å²) in [4.78, 5) is 22.2. The molecule has 2 aromatic carbocycles. The van der Waals surface area contributed by atoms with Crippen LogP contribution in [0.15, 0.2) is 50.9 Å². The third-order valence-electron chi connectivity index (χ3n) is 3.76. The molecule has 0 atom stereocenters. The first-order chi connectivity index (χ1) is 12.9. The Morgan fingerprint density at radius 1 is 1.30 bits per heavy atom. The van der Waals surface area contributed by atoms with Crippen LogP contribution in [-0.4, -0.2) is 31.1 Å². The van der Waals surface area contributed by atoms with E-state index in [0.29, 0.717) is 34.3 Å². The van der Waals surface area contributed by atoms with Crippen LogP contribution < -0.4 is 0 Å². The minimum atomic E-state index is -0.551. The normalized spacial score (nSPS) is 10.7. The van der Waals surface area contributed by atoms with Crippen molar-refractivity contribution in [3.05, 3.63) is 56.5 Å². The molecule has 0 saturated heterocycles. The molecule has 0 spiro atoms. The Kier molecular flexibility index (Phi) is 5.57. The molecule has 1 N–H and O–H groups in total. The van der Waals surface area contributed by atoms with Gasteiger partial charge in [0.2, 0.25) is 0 Å². The van der Waals surface area contributed by atoms with Crippen molar-refractivity contribution in [1.29, 1.82) is 0 Å². The van der Waals surface area contributed by atoms with Crippen LogP contribution in [0.2, 0.25) is 0 Å². The fourth-order valence-electron chi connectivity index (χ4n) is 2.47. The molecular weight excluding hydrogens is 436 g/mol. The van der Waals surface area contributed by atoms with E-state index >= 15 is 0 Å². The van der Waals surface area contributed by atoms with Gasteiger partial charge in [0.05, 0.1) is 10.5 Å². The number of hydrogen-bond acceptors (Lipinski definition) is 7. The highest BCUT2D eigenvalue weighted by molar-refractivity contribution is 9.10. The number of halogens is 1. The van der Waals surface area contributed by atoms with Crippen molar-refractivity contribution >= 4 is 39.7 Å². The summed E-state index contributed by atoms with van der Waals surface area (Å²) < 4.78 is 2.58. The quantitative estimate of drug-likeness (QED) is 0.339. The number of aromatic nitrogens is 3. The maximum atomic E-state index is 11.3. The second-order valence-electron chi connectivity index (χ2n) is 5.41. The zero-order chi connectivity index (χ0) is 19.6. The minimum absolute atomic E-state index is 0.0702. The first-order valence-electron chi connectivity index (χ1n) is 7.78. The molecule has 0 radical (unpaired) electrons. The van der Waals surface area contributed by atoms with Crippen LogP contribution in [0.1, 0.15) is 17.3 Å². The van der Waals surface area contributed by atoms with Crippen LogP contribution in [0.5, 0.6) is 5.75 Å². The van der Waals surface area contributed by atoms with Gasteiger partial charge in [0.1, 0.15) is 5.75 Å². The third-order valence-corrected chi connectivity index (χ3v) is 5.33. The van der Waals surface area contributed by atoms with E-state index in [2.05, 4.69) is 26.1 Å². The average Bonchev–Trinajstić information content (AvgIpc) is 3.06. The number of nitrogens with zero attached hydrogens (tertiary/aromatic N) is 4. The summed E-state index contributed by atoms with van der Waals surface area (Å²) in [6.07, 6.45) is 0.572. The van der Waals surface area contributed by atoms with Gasteiger partial charge in [-0.3, -0.25) is 14.9 Å². The second-order valence-corrected chi connectivity index (χ2v) is 7.34. The van der Waals surface area contributed by atoms with Gasteiger partial charge >= 0.3 is 0 Å². The summed E-state index contributed by atoms with van der Waals surface area (Å²) in [5.74, 6) is 0.550. The summed E-state index contributed by atoms with van der Waals surface area (Å²) in [6.45, 7) is 2.43. The molecule has 3 rings (SSSR count). The summed E-state index contributed by atoms with van der Waals surface area (Å²) in [5.41, 5.74) is 0.565. The van der Waals surface area contributed by atoms with Crippen molar-refractivity contribution in [2.45, 2.75) is 23.5 Å². The Balaban J connectivity index is 2.02. The Morgan fingerprint density at radius 2 is 2.07 bits per heavy atom. The summed E-state index contributed by atoms with van der Waals surface area (Å²) >= 11 is 4.55. The number of carbonyl (C=O) groups excluding carboxylic acids is 1. The Morgan fingerprint density at radius 3 is 2.74 bits per heavy atom. The average molecular weight is 449 g/mol. The van der Waals surface area contributed by atoms with E-state index in [1.165, 1.54) is 30.0 Å².